The molecule has 2 aromatic heterocycles. The molecule has 0 amide bonds. The molecule has 4 nitrogen and oxygen atoms in total. The maximum Gasteiger partial charge on any atom is 0.213 e. The summed E-state index contributed by atoms with van der Waals surface area (Å²) < 4.78 is 6.26. The number of fused-ring (bicyclic) bond motifs is 1. The molecular weight excluding hydrogens is 246 g/mol. The van der Waals surface area contributed by atoms with E-state index >= 15 is 0 Å². The van der Waals surface area contributed by atoms with Gasteiger partial charge in [0, 0.05) is 17.7 Å². The van der Waals surface area contributed by atoms with Crippen molar-refractivity contribution in [1.29, 1.82) is 0 Å². The summed E-state index contributed by atoms with van der Waals surface area (Å²) in [6, 6.07) is 11.0. The summed E-state index contributed by atoms with van der Waals surface area (Å²) in [6.45, 7) is 1.92. The summed E-state index contributed by atoms with van der Waals surface area (Å²) in [6.07, 6.45) is 1.94. The number of hydrogen-bond acceptors (Lipinski definition) is 4. The van der Waals surface area contributed by atoms with Gasteiger partial charge in [0.1, 0.15) is 5.75 Å². The van der Waals surface area contributed by atoms with Crippen molar-refractivity contribution in [3.05, 3.63) is 53.0 Å². The molecule has 5 heteroatoms. The predicted molar refractivity (Wildman–Crippen MR) is 71.1 cm³/mol. The van der Waals surface area contributed by atoms with Gasteiger partial charge in [0.15, 0.2) is 5.65 Å². The van der Waals surface area contributed by atoms with E-state index in [4.69, 9.17) is 0 Å². The van der Waals surface area contributed by atoms with E-state index in [9.17, 15) is 5.11 Å². The molecule has 1 aromatic carbocycles. The van der Waals surface area contributed by atoms with Crippen molar-refractivity contribution in [3.8, 4) is 5.75 Å². The molecule has 90 valence electrons. The Labute approximate surface area is 108 Å². The van der Waals surface area contributed by atoms with Crippen molar-refractivity contribution in [3.63, 3.8) is 0 Å². The molecule has 0 saturated heterocycles. The van der Waals surface area contributed by atoms with E-state index in [-0.39, 0.29) is 5.75 Å². The van der Waals surface area contributed by atoms with Gasteiger partial charge in [0.2, 0.25) is 4.80 Å². The third-order valence-corrected chi connectivity index (χ3v) is 3.39. The number of rotatable bonds is 1. The van der Waals surface area contributed by atoms with E-state index in [1.54, 1.807) is 18.2 Å². The first-order valence-corrected chi connectivity index (χ1v) is 6.29. The molecule has 0 aliphatic rings. The second kappa shape index (κ2) is 4.27. The third-order valence-electron chi connectivity index (χ3n) is 2.66. The highest BCUT2D eigenvalue weighted by atomic mass is 32.1. The van der Waals surface area contributed by atoms with Crippen molar-refractivity contribution in [2.24, 2.45) is 4.99 Å². The fourth-order valence-corrected chi connectivity index (χ4v) is 2.45. The van der Waals surface area contributed by atoms with Gasteiger partial charge in [-0.05, 0) is 42.8 Å². The Bertz CT molecular complexity index is 773. The Morgan fingerprint density at radius 1 is 1.28 bits per heavy atom. The van der Waals surface area contributed by atoms with Gasteiger partial charge in [0.05, 0.1) is 5.69 Å². The van der Waals surface area contributed by atoms with Crippen molar-refractivity contribution < 1.29 is 5.11 Å². The average Bonchev–Trinajstić information content (AvgIpc) is 2.76. The van der Waals surface area contributed by atoms with Crippen molar-refractivity contribution in [1.82, 2.24) is 8.77 Å². The van der Waals surface area contributed by atoms with Crippen LogP contribution in [0.5, 0.6) is 5.75 Å². The molecule has 0 aliphatic heterocycles. The summed E-state index contributed by atoms with van der Waals surface area (Å²) >= 11 is 1.35. The zero-order valence-corrected chi connectivity index (χ0v) is 10.6. The first-order valence-electron chi connectivity index (χ1n) is 5.51. The number of phenolic OH excluding ortho intramolecular Hbond substituents is 1. The van der Waals surface area contributed by atoms with Crippen LogP contribution in [0.1, 0.15) is 5.56 Å². The zero-order chi connectivity index (χ0) is 12.5. The first kappa shape index (κ1) is 11.0. The molecule has 0 aliphatic carbocycles. The second-order valence-corrected chi connectivity index (χ2v) is 4.71. The molecule has 0 spiro atoms. The number of aromatic nitrogens is 2. The van der Waals surface area contributed by atoms with Crippen molar-refractivity contribution in [2.45, 2.75) is 6.92 Å². The zero-order valence-electron chi connectivity index (χ0n) is 9.74. The van der Waals surface area contributed by atoms with Crippen LogP contribution in [0.3, 0.4) is 0 Å². The highest BCUT2D eigenvalue weighted by molar-refractivity contribution is 7.03. The number of pyridine rings is 1. The Balaban J connectivity index is 2.22. The molecule has 3 rings (SSSR count). The number of phenols is 1. The fraction of sp³-hybridized carbons (Fsp3) is 0.0769. The van der Waals surface area contributed by atoms with Gasteiger partial charge in [-0.3, -0.25) is 4.40 Å². The Hall–Kier alpha value is -2.14. The maximum atomic E-state index is 9.38. The molecule has 2 heterocycles. The topological polar surface area (TPSA) is 49.9 Å². The lowest BCUT2D eigenvalue weighted by Gasteiger charge is -1.99. The van der Waals surface area contributed by atoms with Gasteiger partial charge < -0.3 is 5.11 Å². The number of aromatic hydroxyl groups is 1. The van der Waals surface area contributed by atoms with Crippen LogP contribution in [0.15, 0.2) is 47.6 Å². The monoisotopic (exact) mass is 257 g/mol. The van der Waals surface area contributed by atoms with Crippen LogP contribution in [0.25, 0.3) is 5.65 Å². The minimum absolute atomic E-state index is 0.258. The van der Waals surface area contributed by atoms with E-state index < -0.39 is 0 Å². The minimum Gasteiger partial charge on any atom is -0.508 e. The largest absolute Gasteiger partial charge is 0.508 e. The van der Waals surface area contributed by atoms with E-state index in [1.807, 2.05) is 35.7 Å². The quantitative estimate of drug-likeness (QED) is 0.728. The van der Waals surface area contributed by atoms with E-state index in [0.29, 0.717) is 0 Å². The Kier molecular flexibility index (Phi) is 2.60. The molecule has 0 atom stereocenters. The van der Waals surface area contributed by atoms with Crippen LogP contribution in [0, 0.1) is 6.92 Å². The first-order chi connectivity index (χ1) is 8.74. The molecular formula is C13H11N3OS. The lowest BCUT2D eigenvalue weighted by Crippen LogP contribution is -2.04. The van der Waals surface area contributed by atoms with Crippen LogP contribution in [0.4, 0.5) is 5.69 Å². The number of benzene rings is 1. The summed E-state index contributed by atoms with van der Waals surface area (Å²) in [5.41, 5.74) is 2.67. The van der Waals surface area contributed by atoms with Crippen LogP contribution in [-0.4, -0.2) is 13.9 Å². The van der Waals surface area contributed by atoms with Crippen LogP contribution >= 0.6 is 11.5 Å². The van der Waals surface area contributed by atoms with Gasteiger partial charge in [-0.25, -0.2) is 4.99 Å². The molecule has 0 bridgehead atoms. The molecule has 0 fully saturated rings. The minimum atomic E-state index is 0.258. The predicted octanol–water partition coefficient (Wildman–Crippen LogP) is 2.64. The van der Waals surface area contributed by atoms with Crippen LogP contribution in [-0.2, 0) is 0 Å². The second-order valence-electron chi connectivity index (χ2n) is 3.98. The van der Waals surface area contributed by atoms with Crippen molar-refractivity contribution >= 4 is 22.9 Å². The lowest BCUT2D eigenvalue weighted by atomic mass is 10.2. The molecule has 0 unspecified atom stereocenters. The van der Waals surface area contributed by atoms with E-state index in [0.717, 1.165) is 21.7 Å². The summed E-state index contributed by atoms with van der Waals surface area (Å²) in [4.78, 5) is 5.40. The normalized spacial score (nSPS) is 12.2. The number of nitrogens with zero attached hydrogens (tertiary/aromatic N) is 3. The van der Waals surface area contributed by atoms with Gasteiger partial charge in [-0.15, -0.1) is 0 Å². The molecule has 3 aromatic rings. The molecule has 1 N–H and O–H groups in total. The summed E-state index contributed by atoms with van der Waals surface area (Å²) in [5.74, 6) is 0.258. The number of hydrogen-bond donors (Lipinski definition) is 1. The number of aryl methyl sites for hydroxylation is 1. The molecule has 0 saturated carbocycles. The van der Waals surface area contributed by atoms with Crippen molar-refractivity contribution in [2.75, 3.05) is 0 Å². The van der Waals surface area contributed by atoms with E-state index in [2.05, 4.69) is 9.37 Å². The van der Waals surface area contributed by atoms with Gasteiger partial charge in [0.25, 0.3) is 0 Å². The van der Waals surface area contributed by atoms with Gasteiger partial charge in [-0.1, -0.05) is 6.07 Å². The fourth-order valence-electron chi connectivity index (χ4n) is 1.74. The highest BCUT2D eigenvalue weighted by Crippen LogP contribution is 2.22. The van der Waals surface area contributed by atoms with Gasteiger partial charge >= 0.3 is 0 Å². The van der Waals surface area contributed by atoms with E-state index in [1.165, 1.54) is 11.5 Å². The summed E-state index contributed by atoms with van der Waals surface area (Å²) in [7, 11) is 0. The maximum absolute atomic E-state index is 9.38. The Morgan fingerprint density at radius 3 is 3.00 bits per heavy atom. The van der Waals surface area contributed by atoms with Crippen LogP contribution < -0.4 is 4.80 Å². The molecule has 18 heavy (non-hydrogen) atoms. The highest BCUT2D eigenvalue weighted by Gasteiger charge is 2.00. The standard InChI is InChI=1S/C13H11N3OS/c1-9-8-10(17)5-6-11(9)14-13-16-7-3-2-4-12(16)15-18-13/h2-8,17H,1H3. The lowest BCUT2D eigenvalue weighted by molar-refractivity contribution is 0.475. The smallest absolute Gasteiger partial charge is 0.213 e. The Morgan fingerprint density at radius 2 is 2.17 bits per heavy atom. The third kappa shape index (κ3) is 1.89. The van der Waals surface area contributed by atoms with Gasteiger partial charge in [-0.2, -0.15) is 4.37 Å². The summed E-state index contributed by atoms with van der Waals surface area (Å²) in [5, 5.41) is 9.38. The van der Waals surface area contributed by atoms with Crippen LogP contribution in [0.2, 0.25) is 0 Å². The average molecular weight is 257 g/mol. The SMILES string of the molecule is Cc1cc(O)ccc1N=c1snc2ccccn12. The molecule has 0 radical (unpaired) electrons.